The summed E-state index contributed by atoms with van der Waals surface area (Å²) in [6, 6.07) is 8.22. The second-order valence-corrected chi connectivity index (χ2v) is 9.14. The number of aryl methyl sites for hydroxylation is 1. The van der Waals surface area contributed by atoms with E-state index in [1.54, 1.807) is 18.2 Å². The van der Waals surface area contributed by atoms with Gasteiger partial charge in [0.15, 0.2) is 16.5 Å². The van der Waals surface area contributed by atoms with Crippen molar-refractivity contribution < 1.29 is 36.9 Å². The van der Waals surface area contributed by atoms with Gasteiger partial charge in [0, 0.05) is 18.7 Å². The molecule has 0 aliphatic carbocycles. The number of hydrogen-bond acceptors (Lipinski definition) is 6. The summed E-state index contributed by atoms with van der Waals surface area (Å²) >= 11 is 5.56. The normalized spacial score (nSPS) is 23.7. The maximum atomic E-state index is 15.3. The summed E-state index contributed by atoms with van der Waals surface area (Å²) in [6.07, 6.45) is -4.13. The molecule has 0 bridgehead atoms. The van der Waals surface area contributed by atoms with E-state index in [4.69, 9.17) is 27.0 Å². The fourth-order valence-corrected chi connectivity index (χ4v) is 5.41. The number of hydrogen-bond donors (Lipinski definition) is 1. The van der Waals surface area contributed by atoms with Gasteiger partial charge in [0.25, 0.3) is 5.91 Å². The number of rotatable bonds is 3. The number of carbonyl (C=O) groups is 1. The molecule has 12 heteroatoms. The van der Waals surface area contributed by atoms with E-state index < -0.39 is 40.3 Å². The lowest BCUT2D eigenvalue weighted by Gasteiger charge is -2.33. The van der Waals surface area contributed by atoms with Gasteiger partial charge < -0.3 is 19.5 Å². The van der Waals surface area contributed by atoms with Gasteiger partial charge in [0.1, 0.15) is 17.4 Å². The van der Waals surface area contributed by atoms with Crippen LogP contribution in [0, 0.1) is 17.1 Å². The maximum absolute atomic E-state index is 15.3. The molecule has 1 spiro atoms. The number of carbonyl (C=O) groups excluding carboxylic acids is 1. The lowest BCUT2D eigenvalue weighted by atomic mass is 9.95. The van der Waals surface area contributed by atoms with Crippen molar-refractivity contribution >= 4 is 34.6 Å². The lowest BCUT2D eigenvalue weighted by molar-refractivity contribution is -0.140. The average Bonchev–Trinajstić information content (AvgIpc) is 3.41. The molecule has 7 nitrogen and oxygen atoms in total. The van der Waals surface area contributed by atoms with Gasteiger partial charge >= 0.3 is 6.18 Å². The Morgan fingerprint density at radius 1 is 1.28 bits per heavy atom. The highest BCUT2D eigenvalue weighted by Crippen LogP contribution is 2.45. The Hall–Kier alpha value is -3.27. The summed E-state index contributed by atoms with van der Waals surface area (Å²) in [5.41, 5.74) is -3.41. The molecule has 3 heterocycles. The first-order valence-corrected chi connectivity index (χ1v) is 11.5. The van der Waals surface area contributed by atoms with Gasteiger partial charge in [-0.2, -0.15) is 18.4 Å². The zero-order valence-corrected chi connectivity index (χ0v) is 19.5. The topological polar surface area (TPSA) is 86.0 Å². The van der Waals surface area contributed by atoms with Crippen molar-refractivity contribution in [3.05, 3.63) is 52.8 Å². The van der Waals surface area contributed by atoms with Gasteiger partial charge in [-0.3, -0.25) is 9.69 Å². The average molecular weight is 521 g/mol. The lowest BCUT2D eigenvalue weighted by Crippen LogP contribution is -2.50. The summed E-state index contributed by atoms with van der Waals surface area (Å²) in [5, 5.41) is 18.3. The van der Waals surface area contributed by atoms with Crippen molar-refractivity contribution in [3.8, 4) is 11.8 Å². The predicted octanol–water partition coefficient (Wildman–Crippen LogP) is 3.70. The van der Waals surface area contributed by atoms with Crippen LogP contribution in [0.25, 0.3) is 0 Å². The third-order valence-electron chi connectivity index (χ3n) is 6.71. The van der Waals surface area contributed by atoms with Gasteiger partial charge in [-0.1, -0.05) is 0 Å². The number of anilines is 2. The number of nitriles is 1. The van der Waals surface area contributed by atoms with Gasteiger partial charge in [0.05, 0.1) is 30.5 Å². The van der Waals surface area contributed by atoms with Crippen molar-refractivity contribution in [2.75, 3.05) is 29.6 Å². The molecule has 5 rings (SSSR count). The smallest absolute Gasteiger partial charge is 0.420 e. The molecule has 0 saturated carbocycles. The van der Waals surface area contributed by atoms with Crippen molar-refractivity contribution in [3.63, 3.8) is 0 Å². The maximum Gasteiger partial charge on any atom is 0.420 e. The Balaban J connectivity index is 1.61. The van der Waals surface area contributed by atoms with E-state index in [2.05, 4.69) is 0 Å². The second-order valence-electron chi connectivity index (χ2n) is 8.78. The predicted molar refractivity (Wildman–Crippen MR) is 123 cm³/mol. The minimum atomic E-state index is -5.16. The fourth-order valence-electron chi connectivity index (χ4n) is 4.95. The molecule has 0 radical (unpaired) electrons. The summed E-state index contributed by atoms with van der Waals surface area (Å²) < 4.78 is 67.4. The molecule has 36 heavy (non-hydrogen) atoms. The Bertz CT molecular complexity index is 1300. The van der Waals surface area contributed by atoms with Crippen LogP contribution in [0.5, 0.6) is 5.75 Å². The number of alkyl halides is 3. The van der Waals surface area contributed by atoms with Crippen molar-refractivity contribution in [2.24, 2.45) is 0 Å². The van der Waals surface area contributed by atoms with Crippen LogP contribution >= 0.6 is 12.2 Å². The second kappa shape index (κ2) is 8.69. The number of nitrogens with zero attached hydrogens (tertiary/aromatic N) is 3. The van der Waals surface area contributed by atoms with Gasteiger partial charge in [-0.25, -0.2) is 4.39 Å². The molecule has 1 amide bonds. The standard InChI is InChI=1S/C24H19F4N3O4S/c25-20-17(5-2-14(10-29)19(20)24(26,27)28)30-21(33)23(7-8-34-12-23)31(22(30)36)15-3-6-18-13(9-15)1-4-16(11-32)35-18/h2-3,5-6,9,16,32H,1,4,7-8,11-12H2. The summed E-state index contributed by atoms with van der Waals surface area (Å²) in [7, 11) is 0. The summed E-state index contributed by atoms with van der Waals surface area (Å²) in [5.74, 6) is -1.89. The summed E-state index contributed by atoms with van der Waals surface area (Å²) in [4.78, 5) is 16.0. The first kappa shape index (κ1) is 24.4. The van der Waals surface area contributed by atoms with Crippen LogP contribution in [0.4, 0.5) is 28.9 Å². The molecular weight excluding hydrogens is 502 g/mol. The first-order valence-electron chi connectivity index (χ1n) is 11.1. The Morgan fingerprint density at radius 2 is 2.06 bits per heavy atom. The zero-order chi connectivity index (χ0) is 25.8. The molecule has 2 aromatic carbocycles. The number of amides is 1. The van der Waals surface area contributed by atoms with Gasteiger partial charge in [0.2, 0.25) is 0 Å². The largest absolute Gasteiger partial charge is 0.488 e. The highest BCUT2D eigenvalue weighted by Gasteiger charge is 2.59. The van der Waals surface area contributed by atoms with Gasteiger partial charge in [-0.15, -0.1) is 0 Å². The van der Waals surface area contributed by atoms with E-state index in [1.807, 2.05) is 0 Å². The number of aliphatic hydroxyl groups excluding tert-OH is 1. The fraction of sp³-hybridized carbons (Fsp3) is 0.375. The minimum absolute atomic E-state index is 0.0906. The van der Waals surface area contributed by atoms with E-state index in [0.717, 1.165) is 22.6 Å². The van der Waals surface area contributed by atoms with Crippen molar-refractivity contribution in [2.45, 2.75) is 37.1 Å². The monoisotopic (exact) mass is 521 g/mol. The zero-order valence-electron chi connectivity index (χ0n) is 18.6. The molecule has 2 saturated heterocycles. The third kappa shape index (κ3) is 3.61. The van der Waals surface area contributed by atoms with Crippen molar-refractivity contribution in [1.82, 2.24) is 0 Å². The number of aliphatic hydroxyl groups is 1. The molecule has 2 fully saturated rings. The quantitative estimate of drug-likeness (QED) is 0.487. The number of benzene rings is 2. The van der Waals surface area contributed by atoms with Crippen LogP contribution in [-0.4, -0.2) is 47.6 Å². The number of halogens is 4. The number of fused-ring (bicyclic) bond motifs is 1. The molecule has 2 aromatic rings. The first-order chi connectivity index (χ1) is 17.1. The van der Waals surface area contributed by atoms with Crippen LogP contribution in [0.15, 0.2) is 30.3 Å². The van der Waals surface area contributed by atoms with E-state index in [1.165, 1.54) is 11.0 Å². The van der Waals surface area contributed by atoms with Crippen LogP contribution in [0.3, 0.4) is 0 Å². The highest BCUT2D eigenvalue weighted by atomic mass is 32.1. The minimum Gasteiger partial charge on any atom is -0.488 e. The SMILES string of the molecule is N#Cc1ccc(N2C(=O)C3(CCOC3)N(c3ccc4c(c3)CCC(CO)O4)C2=S)c(F)c1C(F)(F)F. The van der Waals surface area contributed by atoms with Gasteiger partial charge in [-0.05, 0) is 61.0 Å². The molecule has 2 unspecified atom stereocenters. The van der Waals surface area contributed by atoms with Crippen LogP contribution < -0.4 is 14.5 Å². The van der Waals surface area contributed by atoms with Crippen LogP contribution in [0.2, 0.25) is 0 Å². The Labute approximate surface area is 208 Å². The number of thiocarbonyl (C=S) groups is 1. The summed E-state index contributed by atoms with van der Waals surface area (Å²) in [6.45, 7) is -0.0152. The number of ether oxygens (including phenoxy) is 2. The molecule has 3 aliphatic heterocycles. The van der Waals surface area contributed by atoms with E-state index in [9.17, 15) is 23.1 Å². The molecule has 2 atom stereocenters. The Morgan fingerprint density at radius 3 is 2.69 bits per heavy atom. The molecular formula is C24H19F4N3O4S. The van der Waals surface area contributed by atoms with Crippen molar-refractivity contribution in [1.29, 1.82) is 5.26 Å². The molecule has 1 N–H and O–H groups in total. The van der Waals surface area contributed by atoms with E-state index in [-0.39, 0.29) is 37.5 Å². The van der Waals surface area contributed by atoms with Crippen LogP contribution in [-0.2, 0) is 22.1 Å². The van der Waals surface area contributed by atoms with Crippen LogP contribution in [0.1, 0.15) is 29.5 Å². The molecule has 0 aromatic heterocycles. The molecule has 3 aliphatic rings. The van der Waals surface area contributed by atoms with E-state index >= 15 is 4.39 Å². The third-order valence-corrected chi connectivity index (χ3v) is 7.08. The van der Waals surface area contributed by atoms with E-state index in [0.29, 0.717) is 24.3 Å². The highest BCUT2D eigenvalue weighted by molar-refractivity contribution is 7.81. The Kier molecular flexibility index (Phi) is 5.89. The molecule has 188 valence electrons.